The lowest BCUT2D eigenvalue weighted by atomic mass is 10.1. The van der Waals surface area contributed by atoms with E-state index in [0.717, 1.165) is 5.70 Å². The zero-order chi connectivity index (χ0) is 13.7. The highest BCUT2D eigenvalue weighted by atomic mass is 32.2. The average molecular weight is 269 g/mol. The second kappa shape index (κ2) is 6.49. The summed E-state index contributed by atoms with van der Waals surface area (Å²) < 4.78 is 0. The number of thioether (sulfide) groups is 1. The zero-order valence-electron chi connectivity index (χ0n) is 11.2. The molecule has 1 amide bonds. The second-order valence-corrected chi connectivity index (χ2v) is 5.01. The van der Waals surface area contributed by atoms with Crippen molar-refractivity contribution in [1.29, 1.82) is 0 Å². The lowest BCUT2D eigenvalue weighted by Gasteiger charge is -2.23. The summed E-state index contributed by atoms with van der Waals surface area (Å²) in [6.07, 6.45) is 2.19. The molecule has 18 heavy (non-hydrogen) atoms. The third-order valence-electron chi connectivity index (χ3n) is 2.31. The quantitative estimate of drug-likeness (QED) is 0.763. The summed E-state index contributed by atoms with van der Waals surface area (Å²) in [4.78, 5) is 24.9. The predicted molar refractivity (Wildman–Crippen MR) is 73.3 cm³/mol. The fraction of sp³-hybridized carbons (Fsp3) is 0.500. The Hall–Kier alpha value is -1.43. The number of hydrogen-bond donors (Lipinski definition) is 1. The third-order valence-corrected chi connectivity index (χ3v) is 3.11. The Bertz CT molecular complexity index is 402. The van der Waals surface area contributed by atoms with Crippen LogP contribution in [0.25, 0.3) is 0 Å². The van der Waals surface area contributed by atoms with Gasteiger partial charge in [-0.2, -0.15) is 0 Å². The summed E-state index contributed by atoms with van der Waals surface area (Å²) in [5.41, 5.74) is 4.13. The molecule has 1 N–H and O–H groups in total. The molecule has 5 nitrogen and oxygen atoms in total. The van der Waals surface area contributed by atoms with Crippen molar-refractivity contribution in [2.75, 3.05) is 20.0 Å². The topological polar surface area (TPSA) is 52.7 Å². The van der Waals surface area contributed by atoms with Gasteiger partial charge in [0.05, 0.1) is 17.1 Å². The van der Waals surface area contributed by atoms with Crippen molar-refractivity contribution >= 4 is 23.5 Å². The van der Waals surface area contributed by atoms with Crippen molar-refractivity contribution in [3.63, 3.8) is 0 Å². The maximum atomic E-state index is 11.7. The van der Waals surface area contributed by atoms with E-state index in [9.17, 15) is 9.59 Å². The Labute approximate surface area is 112 Å². The Morgan fingerprint density at radius 3 is 2.72 bits per heavy atom. The first-order valence-corrected chi connectivity index (χ1v) is 6.79. The molecule has 0 fully saturated rings. The van der Waals surface area contributed by atoms with Gasteiger partial charge >= 0.3 is 0 Å². The number of carbonyl (C=O) groups excluding carboxylic acids is 2. The predicted octanol–water partition coefficient (Wildman–Crippen LogP) is 1.31. The van der Waals surface area contributed by atoms with Gasteiger partial charge in [0, 0.05) is 26.7 Å². The van der Waals surface area contributed by atoms with Crippen LogP contribution in [0.4, 0.5) is 0 Å². The van der Waals surface area contributed by atoms with Crippen LogP contribution >= 0.6 is 11.8 Å². The molecule has 1 rings (SSSR count). The van der Waals surface area contributed by atoms with Gasteiger partial charge in [0.15, 0.2) is 5.78 Å². The van der Waals surface area contributed by atoms with Gasteiger partial charge < -0.3 is 4.90 Å². The highest BCUT2D eigenvalue weighted by Gasteiger charge is 2.23. The van der Waals surface area contributed by atoms with E-state index in [-0.39, 0.29) is 11.7 Å². The number of allylic oxidation sites excluding steroid dienone is 1. The van der Waals surface area contributed by atoms with Crippen LogP contribution in [0.15, 0.2) is 22.9 Å². The van der Waals surface area contributed by atoms with Crippen LogP contribution in [0.2, 0.25) is 0 Å². The minimum absolute atomic E-state index is 0.0202. The van der Waals surface area contributed by atoms with Gasteiger partial charge in [-0.25, -0.2) is 0 Å². The Kier molecular flexibility index (Phi) is 5.27. The van der Waals surface area contributed by atoms with E-state index >= 15 is 0 Å². The summed E-state index contributed by atoms with van der Waals surface area (Å²) >= 11 is 1.55. The van der Waals surface area contributed by atoms with Crippen LogP contribution in [0, 0.1) is 0 Å². The van der Waals surface area contributed by atoms with Gasteiger partial charge in [0.1, 0.15) is 0 Å². The minimum Gasteiger partial charge on any atom is -0.383 e. The first kappa shape index (κ1) is 14.6. The highest BCUT2D eigenvalue weighted by molar-refractivity contribution is 8.02. The molecule has 0 aromatic carbocycles. The summed E-state index contributed by atoms with van der Waals surface area (Å²) in [7, 11) is 3.72. The third kappa shape index (κ3) is 3.80. The standard InChI is InChI=1S/C12H19N3O2S/c1-5-12(17)13-15-8-18-7-11(15)10(9(2)16)6-14(3)4/h6-7H,5,8H2,1-4H3,(H,13,17). The van der Waals surface area contributed by atoms with E-state index in [4.69, 9.17) is 0 Å². The molecule has 0 aromatic heterocycles. The highest BCUT2D eigenvalue weighted by Crippen LogP contribution is 2.27. The van der Waals surface area contributed by atoms with E-state index in [0.29, 0.717) is 17.9 Å². The monoisotopic (exact) mass is 269 g/mol. The van der Waals surface area contributed by atoms with Crippen LogP contribution in [0.5, 0.6) is 0 Å². The van der Waals surface area contributed by atoms with Crippen molar-refractivity contribution in [1.82, 2.24) is 15.3 Å². The number of amides is 1. The lowest BCUT2D eigenvalue weighted by Crippen LogP contribution is -2.40. The molecule has 0 saturated carbocycles. The van der Waals surface area contributed by atoms with Crippen molar-refractivity contribution in [2.45, 2.75) is 20.3 Å². The van der Waals surface area contributed by atoms with E-state index in [2.05, 4.69) is 5.43 Å². The maximum Gasteiger partial charge on any atom is 0.238 e. The van der Waals surface area contributed by atoms with Crippen LogP contribution in [0.1, 0.15) is 20.3 Å². The number of nitrogens with one attached hydrogen (secondary N) is 1. The molecule has 100 valence electrons. The Morgan fingerprint density at radius 1 is 1.56 bits per heavy atom. The average Bonchev–Trinajstić information content (AvgIpc) is 2.73. The molecule has 0 spiro atoms. The SMILES string of the molecule is CCC(=O)NN1CSC=C1C(=CN(C)C)C(C)=O. The van der Waals surface area contributed by atoms with Gasteiger partial charge in [-0.05, 0) is 12.3 Å². The summed E-state index contributed by atoms with van der Waals surface area (Å²) in [6, 6.07) is 0. The molecule has 1 aliphatic rings. The molecule has 0 aliphatic carbocycles. The molecule has 0 unspecified atom stereocenters. The molecule has 0 atom stereocenters. The van der Waals surface area contributed by atoms with Gasteiger partial charge in [0.25, 0.3) is 0 Å². The fourth-order valence-electron chi connectivity index (χ4n) is 1.45. The molecule has 1 aliphatic heterocycles. The molecular weight excluding hydrogens is 250 g/mol. The molecule has 0 saturated heterocycles. The molecule has 0 aromatic rings. The first-order valence-electron chi connectivity index (χ1n) is 5.74. The van der Waals surface area contributed by atoms with Crippen molar-refractivity contribution < 1.29 is 9.59 Å². The molecule has 0 bridgehead atoms. The largest absolute Gasteiger partial charge is 0.383 e. The maximum absolute atomic E-state index is 11.7. The Morgan fingerprint density at radius 2 is 2.22 bits per heavy atom. The summed E-state index contributed by atoms with van der Waals surface area (Å²) in [6.45, 7) is 3.32. The number of hydrazine groups is 1. The Balaban J connectivity index is 2.91. The summed E-state index contributed by atoms with van der Waals surface area (Å²) in [5.74, 6) is 0.545. The van der Waals surface area contributed by atoms with E-state index in [1.54, 1.807) is 29.9 Å². The lowest BCUT2D eigenvalue weighted by molar-refractivity contribution is -0.124. The molecule has 0 radical (unpaired) electrons. The number of ketones is 1. The van der Waals surface area contributed by atoms with Gasteiger partial charge in [-0.1, -0.05) is 6.92 Å². The summed E-state index contributed by atoms with van der Waals surface area (Å²) in [5, 5.41) is 3.61. The van der Waals surface area contributed by atoms with Crippen LogP contribution in [0.3, 0.4) is 0 Å². The smallest absolute Gasteiger partial charge is 0.238 e. The number of carbonyl (C=O) groups is 2. The van der Waals surface area contributed by atoms with E-state index in [1.165, 1.54) is 6.92 Å². The normalized spacial score (nSPS) is 15.4. The van der Waals surface area contributed by atoms with Crippen LogP contribution in [-0.4, -0.2) is 41.6 Å². The minimum atomic E-state index is -0.0591. The number of hydrogen-bond acceptors (Lipinski definition) is 5. The molecule has 1 heterocycles. The van der Waals surface area contributed by atoms with Gasteiger partial charge in [-0.3, -0.25) is 20.0 Å². The fourth-order valence-corrected chi connectivity index (χ4v) is 2.29. The van der Waals surface area contributed by atoms with Crippen molar-refractivity contribution in [3.8, 4) is 0 Å². The zero-order valence-corrected chi connectivity index (χ0v) is 12.0. The van der Waals surface area contributed by atoms with Crippen molar-refractivity contribution in [3.05, 3.63) is 22.9 Å². The molecule has 6 heteroatoms. The van der Waals surface area contributed by atoms with Gasteiger partial charge in [-0.15, -0.1) is 11.8 Å². The number of rotatable bonds is 5. The number of nitrogens with zero attached hydrogens (tertiary/aromatic N) is 2. The van der Waals surface area contributed by atoms with E-state index in [1.807, 2.05) is 24.4 Å². The first-order chi connectivity index (χ1) is 8.45. The van der Waals surface area contributed by atoms with Gasteiger partial charge in [0.2, 0.25) is 5.91 Å². The van der Waals surface area contributed by atoms with E-state index < -0.39 is 0 Å². The second-order valence-electron chi connectivity index (χ2n) is 4.18. The molecular formula is C12H19N3O2S. The van der Waals surface area contributed by atoms with Crippen molar-refractivity contribution in [2.24, 2.45) is 0 Å². The van der Waals surface area contributed by atoms with Crippen LogP contribution < -0.4 is 5.43 Å². The van der Waals surface area contributed by atoms with Crippen LogP contribution in [-0.2, 0) is 9.59 Å². The number of Topliss-reactive ketones (excluding diaryl/α,β-unsaturated/α-hetero) is 1.